The van der Waals surface area contributed by atoms with E-state index in [1.807, 2.05) is 48.5 Å². The molecule has 0 unspecified atom stereocenters. The van der Waals surface area contributed by atoms with Gasteiger partial charge in [-0.15, -0.1) is 0 Å². The molecule has 0 radical (unpaired) electrons. The molecule has 3 nitrogen and oxygen atoms in total. The molecule has 0 aliphatic heterocycles. The summed E-state index contributed by atoms with van der Waals surface area (Å²) in [6.45, 7) is 0. The maximum absolute atomic E-state index is 13.8. The van der Waals surface area contributed by atoms with Crippen molar-refractivity contribution in [3.8, 4) is 0 Å². The Labute approximate surface area is 195 Å². The SMILES string of the molecule is O=C1c2c(Br)c(Br)c(Br)c(Br)c2C(=O)C1(Nc1ccccc1)c1ccccc1. The van der Waals surface area contributed by atoms with E-state index in [0.29, 0.717) is 40.3 Å². The number of benzene rings is 3. The molecule has 3 aromatic rings. The van der Waals surface area contributed by atoms with E-state index < -0.39 is 5.54 Å². The first-order valence-electron chi connectivity index (χ1n) is 8.24. The number of carbonyl (C=O) groups is 2. The molecule has 7 heteroatoms. The Hall–Kier alpha value is -1.28. The van der Waals surface area contributed by atoms with E-state index in [9.17, 15) is 9.59 Å². The van der Waals surface area contributed by atoms with Crippen molar-refractivity contribution < 1.29 is 9.59 Å². The number of carbonyl (C=O) groups excluding carboxylic acids is 2. The van der Waals surface area contributed by atoms with Crippen molar-refractivity contribution in [1.29, 1.82) is 0 Å². The van der Waals surface area contributed by atoms with Gasteiger partial charge < -0.3 is 5.32 Å². The van der Waals surface area contributed by atoms with Gasteiger partial charge in [-0.2, -0.15) is 0 Å². The van der Waals surface area contributed by atoms with Crippen LogP contribution in [0.15, 0.2) is 78.6 Å². The van der Waals surface area contributed by atoms with Gasteiger partial charge in [-0.1, -0.05) is 48.5 Å². The first-order valence-corrected chi connectivity index (χ1v) is 11.4. The van der Waals surface area contributed by atoms with Crippen LogP contribution in [0.4, 0.5) is 5.69 Å². The standard InChI is InChI=1S/C21H11Br4NO2/c22-15-13-14(16(23)18(25)17(15)24)20(28)21(19(13)27,11-7-3-1-4-8-11)26-12-9-5-2-6-10-12/h1-10,26H. The lowest BCUT2D eigenvalue weighted by Gasteiger charge is -2.29. The highest BCUT2D eigenvalue weighted by Crippen LogP contribution is 2.50. The Morgan fingerprint density at radius 2 is 1.04 bits per heavy atom. The predicted octanol–water partition coefficient (Wildman–Crippen LogP) is 7.12. The molecule has 0 saturated heterocycles. The molecule has 1 aliphatic carbocycles. The van der Waals surface area contributed by atoms with Crippen LogP contribution in [0.25, 0.3) is 0 Å². The molecule has 3 aromatic carbocycles. The minimum absolute atomic E-state index is 0.302. The Kier molecular flexibility index (Phi) is 5.37. The monoisotopic (exact) mass is 625 g/mol. The number of halogens is 4. The van der Waals surface area contributed by atoms with E-state index in [1.54, 1.807) is 12.1 Å². The number of fused-ring (bicyclic) bond motifs is 1. The minimum atomic E-state index is -1.55. The molecule has 0 atom stereocenters. The van der Waals surface area contributed by atoms with Crippen LogP contribution in [0.2, 0.25) is 0 Å². The fourth-order valence-corrected chi connectivity index (χ4v) is 5.89. The second-order valence-corrected chi connectivity index (χ2v) is 9.44. The number of Topliss-reactive ketones (excluding diaryl/α,β-unsaturated/α-hetero) is 2. The van der Waals surface area contributed by atoms with Crippen molar-refractivity contribution in [1.82, 2.24) is 0 Å². The van der Waals surface area contributed by atoms with Gasteiger partial charge in [0.2, 0.25) is 11.6 Å². The number of ketones is 2. The molecule has 0 spiro atoms. The summed E-state index contributed by atoms with van der Waals surface area (Å²) in [5.41, 5.74) is 0.428. The van der Waals surface area contributed by atoms with E-state index >= 15 is 0 Å². The van der Waals surface area contributed by atoms with Crippen LogP contribution in [0.5, 0.6) is 0 Å². The highest BCUT2D eigenvalue weighted by molar-refractivity contribution is 9.15. The smallest absolute Gasteiger partial charge is 0.202 e. The largest absolute Gasteiger partial charge is 0.363 e. The first kappa shape index (κ1) is 20.0. The molecule has 0 amide bonds. The van der Waals surface area contributed by atoms with E-state index in [2.05, 4.69) is 69.0 Å². The topological polar surface area (TPSA) is 46.2 Å². The average molecular weight is 629 g/mol. The van der Waals surface area contributed by atoms with Gasteiger partial charge in [0, 0.05) is 34.7 Å². The predicted molar refractivity (Wildman–Crippen MR) is 124 cm³/mol. The lowest BCUT2D eigenvalue weighted by molar-refractivity contribution is 0.0818. The summed E-state index contributed by atoms with van der Waals surface area (Å²) in [5.74, 6) is -0.605. The van der Waals surface area contributed by atoms with E-state index in [0.717, 1.165) is 0 Å². The van der Waals surface area contributed by atoms with Gasteiger partial charge in [0.1, 0.15) is 0 Å². The number of hydrogen-bond donors (Lipinski definition) is 1. The quantitative estimate of drug-likeness (QED) is 0.191. The van der Waals surface area contributed by atoms with Crippen LogP contribution < -0.4 is 5.32 Å². The van der Waals surface area contributed by atoms with Gasteiger partial charge in [-0.3, -0.25) is 9.59 Å². The lowest BCUT2D eigenvalue weighted by atomic mass is 9.84. The van der Waals surface area contributed by atoms with Crippen LogP contribution in [0, 0.1) is 0 Å². The highest BCUT2D eigenvalue weighted by atomic mass is 79.9. The summed E-state index contributed by atoms with van der Waals surface area (Å²) in [4.78, 5) is 27.6. The Bertz CT molecular complexity index is 1070. The molecule has 1 aliphatic rings. The number of hydrogen-bond acceptors (Lipinski definition) is 3. The van der Waals surface area contributed by atoms with Gasteiger partial charge >= 0.3 is 0 Å². The third-order valence-corrected chi connectivity index (χ3v) is 9.48. The number of nitrogens with one attached hydrogen (secondary N) is 1. The zero-order valence-electron chi connectivity index (χ0n) is 14.1. The van der Waals surface area contributed by atoms with Crippen LogP contribution in [-0.4, -0.2) is 11.6 Å². The van der Waals surface area contributed by atoms with Crippen molar-refractivity contribution >= 4 is 81.0 Å². The van der Waals surface area contributed by atoms with Crippen molar-refractivity contribution in [2.45, 2.75) is 5.54 Å². The Balaban J connectivity index is 2.03. The molecule has 0 fully saturated rings. The Morgan fingerprint density at radius 3 is 1.50 bits per heavy atom. The van der Waals surface area contributed by atoms with E-state index in [4.69, 9.17) is 0 Å². The average Bonchev–Trinajstić information content (AvgIpc) is 2.94. The molecule has 0 heterocycles. The van der Waals surface area contributed by atoms with Gasteiger partial charge in [-0.05, 0) is 81.4 Å². The van der Waals surface area contributed by atoms with E-state index in [-0.39, 0.29) is 11.6 Å². The lowest BCUT2D eigenvalue weighted by Crippen LogP contribution is -2.46. The third-order valence-electron chi connectivity index (χ3n) is 4.71. The molecular weight excluding hydrogens is 618 g/mol. The minimum Gasteiger partial charge on any atom is -0.363 e. The van der Waals surface area contributed by atoms with Crippen LogP contribution >= 0.6 is 63.7 Å². The van der Waals surface area contributed by atoms with Crippen LogP contribution in [-0.2, 0) is 5.54 Å². The summed E-state index contributed by atoms with van der Waals surface area (Å²) in [7, 11) is 0. The fraction of sp³-hybridized carbons (Fsp3) is 0.0476. The number of anilines is 1. The molecule has 0 saturated carbocycles. The van der Waals surface area contributed by atoms with Gasteiger partial charge in [0.05, 0.1) is 0 Å². The van der Waals surface area contributed by atoms with Crippen molar-refractivity contribution in [2.75, 3.05) is 5.32 Å². The molecule has 0 aromatic heterocycles. The molecule has 140 valence electrons. The summed E-state index contributed by atoms with van der Waals surface area (Å²) < 4.78 is 2.43. The van der Waals surface area contributed by atoms with Crippen molar-refractivity contribution in [3.05, 3.63) is 95.2 Å². The summed E-state index contributed by atoms with van der Waals surface area (Å²) in [5, 5.41) is 3.24. The van der Waals surface area contributed by atoms with E-state index in [1.165, 1.54) is 0 Å². The maximum atomic E-state index is 13.8. The van der Waals surface area contributed by atoms with Crippen LogP contribution in [0.3, 0.4) is 0 Å². The van der Waals surface area contributed by atoms with Gasteiger partial charge in [-0.25, -0.2) is 0 Å². The molecule has 0 bridgehead atoms. The maximum Gasteiger partial charge on any atom is 0.202 e. The number of para-hydroxylation sites is 1. The normalized spacial score (nSPS) is 14.9. The zero-order chi connectivity index (χ0) is 20.1. The summed E-state index contributed by atoms with van der Waals surface area (Å²) in [6.07, 6.45) is 0. The molecule has 4 rings (SSSR count). The van der Waals surface area contributed by atoms with Gasteiger partial charge in [0.15, 0.2) is 5.54 Å². The second-order valence-electron chi connectivity index (χ2n) is 6.27. The van der Waals surface area contributed by atoms with Gasteiger partial charge in [0.25, 0.3) is 0 Å². The number of rotatable bonds is 3. The van der Waals surface area contributed by atoms with Crippen LogP contribution in [0.1, 0.15) is 26.3 Å². The zero-order valence-corrected chi connectivity index (χ0v) is 20.4. The highest BCUT2D eigenvalue weighted by Gasteiger charge is 2.56. The molecule has 28 heavy (non-hydrogen) atoms. The third kappa shape index (κ3) is 2.86. The summed E-state index contributed by atoms with van der Waals surface area (Å²) >= 11 is 14.0. The van der Waals surface area contributed by atoms with Crippen molar-refractivity contribution in [3.63, 3.8) is 0 Å². The Morgan fingerprint density at radius 1 is 0.607 bits per heavy atom. The summed E-state index contributed by atoms with van der Waals surface area (Å²) in [6, 6.07) is 18.4. The second kappa shape index (κ2) is 7.52. The van der Waals surface area contributed by atoms with Crippen molar-refractivity contribution in [2.24, 2.45) is 0 Å². The fourth-order valence-electron chi connectivity index (χ4n) is 3.41. The molecule has 1 N–H and O–H groups in total. The molecular formula is C21H11Br4NO2. The first-order chi connectivity index (χ1) is 13.4.